The Morgan fingerprint density at radius 1 is 1.35 bits per heavy atom. The summed E-state index contributed by atoms with van der Waals surface area (Å²) in [4.78, 5) is 12.0. The van der Waals surface area contributed by atoms with Gasteiger partial charge in [-0.3, -0.25) is 9.00 Å². The molecule has 1 aliphatic carbocycles. The van der Waals surface area contributed by atoms with E-state index in [1.54, 1.807) is 6.92 Å². The Bertz CT molecular complexity index is 454. The Kier molecular flexibility index (Phi) is 3.94. The number of ether oxygens (including phenoxy) is 1. The lowest BCUT2D eigenvalue weighted by atomic mass is 10.1. The third kappa shape index (κ3) is 2.94. The second kappa shape index (κ2) is 5.45. The fourth-order valence-corrected chi connectivity index (χ4v) is 3.04. The molecular weight excluding hydrogens is 236 g/mol. The average Bonchev–Trinajstić information content (AvgIpc) is 2.75. The van der Waals surface area contributed by atoms with Crippen molar-refractivity contribution in [2.24, 2.45) is 0 Å². The van der Waals surface area contributed by atoms with Crippen LogP contribution in [0.3, 0.4) is 0 Å². The molecule has 0 saturated carbocycles. The quantitative estimate of drug-likeness (QED) is 0.768. The van der Waals surface area contributed by atoms with Gasteiger partial charge in [-0.2, -0.15) is 0 Å². The predicted octanol–water partition coefficient (Wildman–Crippen LogP) is 1.85. The van der Waals surface area contributed by atoms with Crippen molar-refractivity contribution in [3.63, 3.8) is 0 Å². The molecule has 1 aromatic carbocycles. The molecule has 1 aliphatic rings. The summed E-state index contributed by atoms with van der Waals surface area (Å²) < 4.78 is 16.7. The SMILES string of the molecule is CCOC(=O)CS(=O)c1ccc2c(c1)CCC2. The first kappa shape index (κ1) is 12.3. The Morgan fingerprint density at radius 3 is 2.88 bits per heavy atom. The van der Waals surface area contributed by atoms with E-state index < -0.39 is 16.8 Å². The van der Waals surface area contributed by atoms with E-state index in [0.717, 1.165) is 17.7 Å². The minimum absolute atomic E-state index is 0.0490. The largest absolute Gasteiger partial charge is 0.465 e. The molecule has 92 valence electrons. The van der Waals surface area contributed by atoms with Crippen molar-refractivity contribution in [2.45, 2.75) is 31.1 Å². The number of hydrogen-bond acceptors (Lipinski definition) is 3. The molecule has 0 amide bonds. The van der Waals surface area contributed by atoms with Crippen LogP contribution < -0.4 is 0 Å². The predicted molar refractivity (Wildman–Crippen MR) is 66.4 cm³/mol. The average molecular weight is 252 g/mol. The number of rotatable bonds is 4. The highest BCUT2D eigenvalue weighted by molar-refractivity contribution is 7.85. The van der Waals surface area contributed by atoms with Crippen molar-refractivity contribution < 1.29 is 13.7 Å². The van der Waals surface area contributed by atoms with Crippen molar-refractivity contribution in [1.82, 2.24) is 0 Å². The van der Waals surface area contributed by atoms with E-state index in [-0.39, 0.29) is 5.75 Å². The fraction of sp³-hybridized carbons (Fsp3) is 0.462. The van der Waals surface area contributed by atoms with Gasteiger partial charge in [-0.15, -0.1) is 0 Å². The highest BCUT2D eigenvalue weighted by Gasteiger charge is 2.15. The smallest absolute Gasteiger partial charge is 0.318 e. The van der Waals surface area contributed by atoms with Crippen molar-refractivity contribution in [2.75, 3.05) is 12.4 Å². The van der Waals surface area contributed by atoms with Crippen molar-refractivity contribution >= 4 is 16.8 Å². The van der Waals surface area contributed by atoms with E-state index in [1.165, 1.54) is 17.5 Å². The molecule has 2 rings (SSSR count). The topological polar surface area (TPSA) is 43.4 Å². The van der Waals surface area contributed by atoms with E-state index in [2.05, 4.69) is 0 Å². The summed E-state index contributed by atoms with van der Waals surface area (Å²) in [7, 11) is -1.28. The number of carbonyl (C=O) groups is 1. The number of benzene rings is 1. The molecule has 0 aromatic heterocycles. The summed E-state index contributed by atoms with van der Waals surface area (Å²) in [5.74, 6) is -0.446. The summed E-state index contributed by atoms with van der Waals surface area (Å²) >= 11 is 0. The summed E-state index contributed by atoms with van der Waals surface area (Å²) in [5, 5.41) is 0. The van der Waals surface area contributed by atoms with Crippen LogP contribution in [0.4, 0.5) is 0 Å². The third-order valence-electron chi connectivity index (χ3n) is 2.89. The Hall–Kier alpha value is -1.16. The minimum atomic E-state index is -1.28. The van der Waals surface area contributed by atoms with Crippen molar-refractivity contribution in [1.29, 1.82) is 0 Å². The summed E-state index contributed by atoms with van der Waals surface area (Å²) in [5.41, 5.74) is 2.63. The fourth-order valence-electron chi connectivity index (χ4n) is 2.08. The zero-order valence-corrected chi connectivity index (χ0v) is 10.7. The van der Waals surface area contributed by atoms with E-state index in [9.17, 15) is 9.00 Å². The molecule has 0 radical (unpaired) electrons. The van der Waals surface area contributed by atoms with Gasteiger partial charge in [0.1, 0.15) is 5.75 Å². The molecule has 1 unspecified atom stereocenters. The number of esters is 1. The lowest BCUT2D eigenvalue weighted by molar-refractivity contribution is -0.139. The molecule has 3 nitrogen and oxygen atoms in total. The Morgan fingerprint density at radius 2 is 2.12 bits per heavy atom. The minimum Gasteiger partial charge on any atom is -0.465 e. The highest BCUT2D eigenvalue weighted by Crippen LogP contribution is 2.24. The Balaban J connectivity index is 2.07. The first-order valence-electron chi connectivity index (χ1n) is 5.86. The molecule has 0 aliphatic heterocycles. The maximum atomic E-state index is 11.9. The van der Waals surface area contributed by atoms with Crippen LogP contribution in [0.25, 0.3) is 0 Å². The summed E-state index contributed by atoms with van der Waals surface area (Å²) in [6.07, 6.45) is 3.34. The molecule has 4 heteroatoms. The van der Waals surface area contributed by atoms with E-state index >= 15 is 0 Å². The van der Waals surface area contributed by atoms with Crippen LogP contribution in [0.1, 0.15) is 24.5 Å². The number of aryl methyl sites for hydroxylation is 2. The van der Waals surface area contributed by atoms with Gasteiger partial charge >= 0.3 is 5.97 Å². The number of hydrogen-bond donors (Lipinski definition) is 0. The molecule has 1 atom stereocenters. The standard InChI is InChI=1S/C13H16O3S/c1-2-16-13(14)9-17(15)12-7-6-10-4-3-5-11(10)8-12/h6-8H,2-5,9H2,1H3. The van der Waals surface area contributed by atoms with Gasteiger partial charge in [-0.1, -0.05) is 6.07 Å². The zero-order valence-electron chi connectivity index (χ0n) is 9.90. The molecule has 0 fully saturated rings. The van der Waals surface area contributed by atoms with Gasteiger partial charge in [0, 0.05) is 4.90 Å². The third-order valence-corrected chi connectivity index (χ3v) is 4.16. The second-order valence-electron chi connectivity index (χ2n) is 4.08. The zero-order chi connectivity index (χ0) is 12.3. The van der Waals surface area contributed by atoms with E-state index in [0.29, 0.717) is 6.61 Å². The van der Waals surface area contributed by atoms with Crippen LogP contribution in [0.15, 0.2) is 23.1 Å². The molecule has 0 N–H and O–H groups in total. The lowest BCUT2D eigenvalue weighted by Crippen LogP contribution is -2.14. The highest BCUT2D eigenvalue weighted by atomic mass is 32.2. The molecule has 17 heavy (non-hydrogen) atoms. The van der Waals surface area contributed by atoms with Gasteiger partial charge in [0.2, 0.25) is 0 Å². The molecule has 0 saturated heterocycles. The maximum Gasteiger partial charge on any atom is 0.318 e. The summed E-state index contributed by atoms with van der Waals surface area (Å²) in [6, 6.07) is 5.86. The first-order chi connectivity index (χ1) is 8.20. The van der Waals surface area contributed by atoms with Gasteiger partial charge in [-0.05, 0) is 49.4 Å². The molecule has 0 bridgehead atoms. The maximum absolute atomic E-state index is 11.9. The first-order valence-corrected chi connectivity index (χ1v) is 7.18. The van der Waals surface area contributed by atoms with Gasteiger partial charge in [0.05, 0.1) is 17.4 Å². The molecular formula is C13H16O3S. The van der Waals surface area contributed by atoms with Crippen molar-refractivity contribution in [3.05, 3.63) is 29.3 Å². The van der Waals surface area contributed by atoms with Crippen LogP contribution in [0.5, 0.6) is 0 Å². The van der Waals surface area contributed by atoms with Crippen LogP contribution in [-0.2, 0) is 33.2 Å². The van der Waals surface area contributed by atoms with E-state index in [1.807, 2.05) is 18.2 Å². The van der Waals surface area contributed by atoms with Crippen LogP contribution in [-0.4, -0.2) is 22.5 Å². The van der Waals surface area contributed by atoms with E-state index in [4.69, 9.17) is 4.74 Å². The number of carbonyl (C=O) groups excluding carboxylic acids is 1. The van der Waals surface area contributed by atoms with Crippen LogP contribution in [0, 0.1) is 0 Å². The normalized spacial score (nSPS) is 15.4. The molecule has 0 heterocycles. The van der Waals surface area contributed by atoms with Crippen molar-refractivity contribution in [3.8, 4) is 0 Å². The van der Waals surface area contributed by atoms with Crippen LogP contribution >= 0.6 is 0 Å². The monoisotopic (exact) mass is 252 g/mol. The number of fused-ring (bicyclic) bond motifs is 1. The van der Waals surface area contributed by atoms with Gasteiger partial charge in [-0.25, -0.2) is 0 Å². The molecule has 0 spiro atoms. The second-order valence-corrected chi connectivity index (χ2v) is 5.53. The lowest BCUT2D eigenvalue weighted by Gasteiger charge is -2.05. The Labute approximate surface area is 104 Å². The summed E-state index contributed by atoms with van der Waals surface area (Å²) in [6.45, 7) is 2.08. The van der Waals surface area contributed by atoms with Gasteiger partial charge < -0.3 is 4.74 Å². The van der Waals surface area contributed by atoms with Gasteiger partial charge in [0.15, 0.2) is 0 Å². The van der Waals surface area contributed by atoms with Crippen LogP contribution in [0.2, 0.25) is 0 Å². The van der Waals surface area contributed by atoms with Gasteiger partial charge in [0.25, 0.3) is 0 Å². The molecule has 1 aromatic rings.